The van der Waals surface area contributed by atoms with Crippen LogP contribution < -0.4 is 9.80 Å². The molecule has 0 unspecified atom stereocenters. The van der Waals surface area contributed by atoms with E-state index >= 15 is 0 Å². The Labute approximate surface area is 165 Å². The second kappa shape index (κ2) is 7.52. The number of carbonyl (C=O) groups is 3. The fourth-order valence-corrected chi connectivity index (χ4v) is 3.72. The van der Waals surface area contributed by atoms with Crippen molar-refractivity contribution >= 4 is 45.1 Å². The van der Waals surface area contributed by atoms with Crippen molar-refractivity contribution in [2.24, 2.45) is 0 Å². The molecule has 2 amide bonds. The zero-order chi connectivity index (χ0) is 19.7. The maximum atomic E-state index is 11.5. The van der Waals surface area contributed by atoms with E-state index in [1.165, 1.54) is 7.11 Å². The normalized spacial score (nSPS) is 14.5. The monoisotopic (exact) mass is 430 g/mol. The number of methoxy groups -OCH3 is 1. The number of likely N-dealkylation sites (N-methyl/N-ethyl adjacent to an activating group) is 2. The van der Waals surface area contributed by atoms with E-state index in [0.717, 1.165) is 27.0 Å². The predicted molar refractivity (Wildman–Crippen MR) is 106 cm³/mol. The van der Waals surface area contributed by atoms with Crippen molar-refractivity contribution in [1.29, 1.82) is 0 Å². The second-order valence-electron chi connectivity index (χ2n) is 6.29. The number of ether oxygens (including phenoxy) is 1. The van der Waals surface area contributed by atoms with E-state index in [2.05, 4.69) is 20.7 Å². The van der Waals surface area contributed by atoms with Crippen LogP contribution in [0.2, 0.25) is 0 Å². The lowest BCUT2D eigenvalue weighted by Crippen LogP contribution is -2.20. The fourth-order valence-electron chi connectivity index (χ4n) is 3.22. The molecular weight excluding hydrogens is 412 g/mol. The van der Waals surface area contributed by atoms with Gasteiger partial charge in [0.05, 0.1) is 25.5 Å². The smallest absolute Gasteiger partial charge is 0.338 e. The van der Waals surface area contributed by atoms with Gasteiger partial charge in [-0.3, -0.25) is 9.59 Å². The fraction of sp³-hybridized carbons (Fsp3) is 0.250. The van der Waals surface area contributed by atoms with Crippen LogP contribution in [0.5, 0.6) is 0 Å². The van der Waals surface area contributed by atoms with Crippen LogP contribution in [0.15, 0.2) is 40.9 Å². The molecule has 2 aliphatic heterocycles. The lowest BCUT2D eigenvalue weighted by Gasteiger charge is -2.10. The van der Waals surface area contributed by atoms with Crippen LogP contribution in [0.3, 0.4) is 0 Å². The second-order valence-corrected chi connectivity index (χ2v) is 7.15. The van der Waals surface area contributed by atoms with Crippen molar-refractivity contribution in [2.75, 3.05) is 31.0 Å². The van der Waals surface area contributed by atoms with Crippen molar-refractivity contribution in [1.82, 2.24) is 0 Å². The number of benzene rings is 2. The van der Waals surface area contributed by atoms with Gasteiger partial charge in [-0.15, -0.1) is 0 Å². The van der Waals surface area contributed by atoms with Gasteiger partial charge in [0.2, 0.25) is 11.8 Å². The predicted octanol–water partition coefficient (Wildman–Crippen LogP) is 2.96. The molecule has 0 saturated carbocycles. The van der Waals surface area contributed by atoms with Gasteiger partial charge in [0.25, 0.3) is 0 Å². The first-order valence-corrected chi connectivity index (χ1v) is 9.15. The number of esters is 1. The van der Waals surface area contributed by atoms with E-state index < -0.39 is 5.97 Å². The molecule has 0 aliphatic carbocycles. The van der Waals surface area contributed by atoms with E-state index in [1.807, 2.05) is 24.3 Å². The van der Waals surface area contributed by atoms with Gasteiger partial charge in [0.1, 0.15) is 0 Å². The van der Waals surface area contributed by atoms with Crippen LogP contribution in [0.1, 0.15) is 21.5 Å². The maximum Gasteiger partial charge on any atom is 0.338 e. The Bertz CT molecular complexity index is 942. The highest BCUT2D eigenvalue weighted by atomic mass is 79.9. The molecule has 0 bridgehead atoms. The van der Waals surface area contributed by atoms with Crippen LogP contribution in [-0.4, -0.2) is 39.0 Å². The Morgan fingerprint density at radius 2 is 1.44 bits per heavy atom. The van der Waals surface area contributed by atoms with Gasteiger partial charge < -0.3 is 14.5 Å². The topological polar surface area (TPSA) is 66.9 Å². The van der Waals surface area contributed by atoms with Crippen molar-refractivity contribution < 1.29 is 19.1 Å². The molecule has 6 nitrogen and oxygen atoms in total. The van der Waals surface area contributed by atoms with Crippen LogP contribution in [-0.2, 0) is 27.2 Å². The molecule has 0 N–H and O–H groups in total. The Morgan fingerprint density at radius 3 is 2.00 bits per heavy atom. The molecule has 0 atom stereocenters. The Morgan fingerprint density at radius 1 is 0.926 bits per heavy atom. The average molecular weight is 431 g/mol. The lowest BCUT2D eigenvalue weighted by molar-refractivity contribution is -0.117. The van der Waals surface area contributed by atoms with E-state index in [-0.39, 0.29) is 18.2 Å². The standard InChI is InChI=1S/C11H11NO3.C9H8BrNO/c1-12-9-5-3-4-7(11(14)15-2)8(9)6-10(12)13;1-11-8-4-2-3-7(10)6(8)5-9(11)12/h3-5H,6H2,1-2H3;2-4H,5H2,1H3. The Hall–Kier alpha value is -2.67. The largest absolute Gasteiger partial charge is 0.465 e. The average Bonchev–Trinajstić information content (AvgIpc) is 3.13. The summed E-state index contributed by atoms with van der Waals surface area (Å²) in [4.78, 5) is 37.4. The van der Waals surface area contributed by atoms with E-state index in [1.54, 1.807) is 36.0 Å². The molecule has 2 heterocycles. The molecule has 2 aromatic carbocycles. The minimum atomic E-state index is -0.394. The van der Waals surface area contributed by atoms with Gasteiger partial charge in [-0.2, -0.15) is 0 Å². The highest BCUT2D eigenvalue weighted by Crippen LogP contribution is 2.33. The zero-order valence-electron chi connectivity index (χ0n) is 15.3. The van der Waals surface area contributed by atoms with Gasteiger partial charge in [-0.25, -0.2) is 4.79 Å². The minimum Gasteiger partial charge on any atom is -0.465 e. The third kappa shape index (κ3) is 3.47. The summed E-state index contributed by atoms with van der Waals surface area (Å²) < 4.78 is 5.69. The maximum absolute atomic E-state index is 11.5. The summed E-state index contributed by atoms with van der Waals surface area (Å²) in [5.41, 5.74) is 4.16. The summed E-state index contributed by atoms with van der Waals surface area (Å²) in [7, 11) is 4.85. The molecule has 0 aromatic heterocycles. The van der Waals surface area contributed by atoms with Crippen LogP contribution in [0, 0.1) is 0 Å². The quantitative estimate of drug-likeness (QED) is 0.652. The highest BCUT2D eigenvalue weighted by Gasteiger charge is 2.28. The molecule has 2 aromatic rings. The van der Waals surface area contributed by atoms with Gasteiger partial charge in [-0.1, -0.05) is 28.1 Å². The summed E-state index contributed by atoms with van der Waals surface area (Å²) in [5, 5.41) is 0. The minimum absolute atomic E-state index is 0.00125. The third-order valence-electron chi connectivity index (χ3n) is 4.78. The van der Waals surface area contributed by atoms with E-state index in [4.69, 9.17) is 0 Å². The number of halogens is 1. The molecule has 2 aliphatic rings. The number of nitrogens with zero attached hydrogens (tertiary/aromatic N) is 2. The number of amides is 2. The SMILES string of the molecule is CN1C(=O)Cc2c(Br)cccc21.COC(=O)c1cccc2c1CC(=O)N2C. The molecule has 0 radical (unpaired) electrons. The van der Waals surface area contributed by atoms with Gasteiger partial charge in [-0.05, 0) is 35.4 Å². The summed E-state index contributed by atoms with van der Waals surface area (Å²) in [6, 6.07) is 11.1. The number of hydrogen-bond donors (Lipinski definition) is 0. The first-order valence-electron chi connectivity index (χ1n) is 8.35. The number of hydrogen-bond acceptors (Lipinski definition) is 4. The Balaban J connectivity index is 0.000000159. The first kappa shape index (κ1) is 19.1. The van der Waals surface area contributed by atoms with Crippen molar-refractivity contribution in [3.05, 3.63) is 57.6 Å². The van der Waals surface area contributed by atoms with E-state index in [0.29, 0.717) is 12.0 Å². The van der Waals surface area contributed by atoms with Gasteiger partial charge in [0.15, 0.2) is 0 Å². The summed E-state index contributed by atoms with van der Waals surface area (Å²) >= 11 is 3.42. The van der Waals surface area contributed by atoms with Crippen LogP contribution in [0.25, 0.3) is 0 Å². The summed E-state index contributed by atoms with van der Waals surface area (Å²) in [6.45, 7) is 0. The Kier molecular flexibility index (Phi) is 5.32. The van der Waals surface area contributed by atoms with Crippen LogP contribution in [0.4, 0.5) is 11.4 Å². The summed E-state index contributed by atoms with van der Waals surface area (Å²) in [6.07, 6.45) is 0.796. The number of carbonyl (C=O) groups excluding carboxylic acids is 3. The lowest BCUT2D eigenvalue weighted by atomic mass is 10.1. The summed E-state index contributed by atoms with van der Waals surface area (Å²) in [5.74, 6) is -0.229. The highest BCUT2D eigenvalue weighted by molar-refractivity contribution is 9.10. The molecular formula is C20H19BrN2O4. The van der Waals surface area contributed by atoms with Crippen molar-refractivity contribution in [3.8, 4) is 0 Å². The molecule has 140 valence electrons. The molecule has 0 saturated heterocycles. The first-order chi connectivity index (χ1) is 12.8. The molecule has 4 rings (SSSR count). The van der Waals surface area contributed by atoms with Gasteiger partial charge in [0, 0.05) is 29.9 Å². The third-order valence-corrected chi connectivity index (χ3v) is 5.52. The zero-order valence-corrected chi connectivity index (χ0v) is 16.9. The van der Waals surface area contributed by atoms with Crippen LogP contribution >= 0.6 is 15.9 Å². The molecule has 0 fully saturated rings. The number of rotatable bonds is 1. The van der Waals surface area contributed by atoms with Crippen molar-refractivity contribution in [3.63, 3.8) is 0 Å². The molecule has 27 heavy (non-hydrogen) atoms. The molecule has 7 heteroatoms. The molecule has 0 spiro atoms. The van der Waals surface area contributed by atoms with Crippen molar-refractivity contribution in [2.45, 2.75) is 12.8 Å². The number of fused-ring (bicyclic) bond motifs is 2. The van der Waals surface area contributed by atoms with Gasteiger partial charge >= 0.3 is 5.97 Å². The number of anilines is 2. The van der Waals surface area contributed by atoms with E-state index in [9.17, 15) is 14.4 Å².